The quantitative estimate of drug-likeness (QED) is 0.806. The summed E-state index contributed by atoms with van der Waals surface area (Å²) < 4.78 is 5.59. The largest absolute Gasteiger partial charge is 0.380 e. The van der Waals surface area contributed by atoms with Crippen molar-refractivity contribution in [2.75, 3.05) is 39.9 Å². The Labute approximate surface area is 105 Å². The van der Waals surface area contributed by atoms with Crippen LogP contribution in [0.2, 0.25) is 0 Å². The fourth-order valence-corrected chi connectivity index (χ4v) is 3.93. The zero-order valence-electron chi connectivity index (χ0n) is 11.1. The lowest BCUT2D eigenvalue weighted by molar-refractivity contribution is -0.162. The van der Waals surface area contributed by atoms with Crippen molar-refractivity contribution < 1.29 is 4.74 Å². The van der Waals surface area contributed by atoms with Gasteiger partial charge in [0.1, 0.15) is 0 Å². The van der Waals surface area contributed by atoms with Crippen LogP contribution in [0.5, 0.6) is 0 Å². The molecule has 3 heterocycles. The molecule has 0 bridgehead atoms. The molecule has 3 rings (SSSR count). The SMILES string of the molecule is CN1CCC(C2(CC3CCCN3)COC2)CC1. The summed E-state index contributed by atoms with van der Waals surface area (Å²) in [5.41, 5.74) is 0.531. The molecule has 3 saturated heterocycles. The Kier molecular flexibility index (Phi) is 3.42. The van der Waals surface area contributed by atoms with Gasteiger partial charge in [-0.15, -0.1) is 0 Å². The van der Waals surface area contributed by atoms with Crippen LogP contribution in [0.4, 0.5) is 0 Å². The van der Waals surface area contributed by atoms with Gasteiger partial charge in [-0.2, -0.15) is 0 Å². The second-order valence-corrected chi connectivity index (χ2v) is 6.43. The van der Waals surface area contributed by atoms with E-state index in [1.165, 1.54) is 51.7 Å². The zero-order valence-corrected chi connectivity index (χ0v) is 11.1. The fraction of sp³-hybridized carbons (Fsp3) is 1.00. The van der Waals surface area contributed by atoms with Crippen molar-refractivity contribution in [3.63, 3.8) is 0 Å². The topological polar surface area (TPSA) is 24.5 Å². The van der Waals surface area contributed by atoms with Crippen molar-refractivity contribution >= 4 is 0 Å². The first-order valence-corrected chi connectivity index (χ1v) is 7.28. The van der Waals surface area contributed by atoms with Crippen LogP contribution in [-0.4, -0.2) is 50.8 Å². The van der Waals surface area contributed by atoms with E-state index in [9.17, 15) is 0 Å². The van der Waals surface area contributed by atoms with Gasteiger partial charge in [0.05, 0.1) is 13.2 Å². The third kappa shape index (κ3) is 2.38. The third-order valence-electron chi connectivity index (χ3n) is 5.18. The molecule has 1 atom stereocenters. The van der Waals surface area contributed by atoms with Crippen molar-refractivity contribution in [3.8, 4) is 0 Å². The number of hydrogen-bond acceptors (Lipinski definition) is 3. The summed E-state index contributed by atoms with van der Waals surface area (Å²) in [4.78, 5) is 2.47. The predicted molar refractivity (Wildman–Crippen MR) is 69.1 cm³/mol. The van der Waals surface area contributed by atoms with Gasteiger partial charge in [0.25, 0.3) is 0 Å². The molecule has 0 spiro atoms. The monoisotopic (exact) mass is 238 g/mol. The number of likely N-dealkylation sites (tertiary alicyclic amines) is 1. The average Bonchev–Trinajstić information content (AvgIpc) is 2.77. The number of hydrogen-bond donors (Lipinski definition) is 1. The van der Waals surface area contributed by atoms with Gasteiger partial charge in [0.2, 0.25) is 0 Å². The Morgan fingerprint density at radius 1 is 1.24 bits per heavy atom. The van der Waals surface area contributed by atoms with Gasteiger partial charge >= 0.3 is 0 Å². The Balaban J connectivity index is 1.60. The van der Waals surface area contributed by atoms with Crippen molar-refractivity contribution in [2.45, 2.75) is 38.1 Å². The molecule has 17 heavy (non-hydrogen) atoms. The van der Waals surface area contributed by atoms with Crippen LogP contribution in [0.1, 0.15) is 32.1 Å². The Hall–Kier alpha value is -0.120. The highest BCUT2D eigenvalue weighted by Gasteiger charge is 2.47. The summed E-state index contributed by atoms with van der Waals surface area (Å²) in [6.45, 7) is 5.85. The second-order valence-electron chi connectivity index (χ2n) is 6.43. The fourth-order valence-electron chi connectivity index (χ4n) is 3.93. The minimum Gasteiger partial charge on any atom is -0.380 e. The van der Waals surface area contributed by atoms with Crippen molar-refractivity contribution in [1.29, 1.82) is 0 Å². The molecule has 3 aliphatic rings. The molecule has 0 aromatic heterocycles. The zero-order chi connectivity index (χ0) is 11.7. The third-order valence-corrected chi connectivity index (χ3v) is 5.18. The van der Waals surface area contributed by atoms with E-state index >= 15 is 0 Å². The summed E-state index contributed by atoms with van der Waals surface area (Å²) in [5.74, 6) is 0.912. The summed E-state index contributed by atoms with van der Waals surface area (Å²) in [6.07, 6.45) is 6.88. The number of rotatable bonds is 3. The Bertz CT molecular complexity index is 251. The van der Waals surface area contributed by atoms with E-state index in [4.69, 9.17) is 4.74 Å². The maximum atomic E-state index is 5.59. The van der Waals surface area contributed by atoms with Crippen molar-refractivity contribution in [3.05, 3.63) is 0 Å². The molecule has 0 aliphatic carbocycles. The maximum absolute atomic E-state index is 5.59. The number of ether oxygens (including phenoxy) is 1. The predicted octanol–water partition coefficient (Wildman–Crippen LogP) is 1.49. The van der Waals surface area contributed by atoms with Gasteiger partial charge in [-0.25, -0.2) is 0 Å². The molecule has 3 aliphatic heterocycles. The van der Waals surface area contributed by atoms with Crippen LogP contribution >= 0.6 is 0 Å². The molecule has 0 radical (unpaired) electrons. The summed E-state index contributed by atoms with van der Waals surface area (Å²) >= 11 is 0. The van der Waals surface area contributed by atoms with Gasteiger partial charge in [0.15, 0.2) is 0 Å². The molecule has 3 nitrogen and oxygen atoms in total. The minimum atomic E-state index is 0.531. The molecule has 0 amide bonds. The summed E-state index contributed by atoms with van der Waals surface area (Å²) in [6, 6.07) is 0.776. The molecule has 1 unspecified atom stereocenters. The van der Waals surface area contributed by atoms with E-state index in [0.29, 0.717) is 5.41 Å². The van der Waals surface area contributed by atoms with Gasteiger partial charge in [0, 0.05) is 11.5 Å². The molecule has 0 aromatic carbocycles. The highest BCUT2D eigenvalue weighted by Crippen LogP contribution is 2.45. The Morgan fingerprint density at radius 2 is 2.00 bits per heavy atom. The lowest BCUT2D eigenvalue weighted by Crippen LogP contribution is -2.53. The van der Waals surface area contributed by atoms with Crippen LogP contribution in [0.15, 0.2) is 0 Å². The molecule has 0 aromatic rings. The van der Waals surface area contributed by atoms with Gasteiger partial charge < -0.3 is 15.0 Å². The van der Waals surface area contributed by atoms with E-state index in [2.05, 4.69) is 17.3 Å². The average molecular weight is 238 g/mol. The first kappa shape index (κ1) is 11.9. The maximum Gasteiger partial charge on any atom is 0.0548 e. The second kappa shape index (κ2) is 4.87. The van der Waals surface area contributed by atoms with E-state index in [1.807, 2.05) is 0 Å². The Morgan fingerprint density at radius 3 is 2.53 bits per heavy atom. The molecular formula is C14H26N2O. The van der Waals surface area contributed by atoms with E-state index in [0.717, 1.165) is 25.2 Å². The van der Waals surface area contributed by atoms with Crippen LogP contribution in [0.25, 0.3) is 0 Å². The smallest absolute Gasteiger partial charge is 0.0548 e. The van der Waals surface area contributed by atoms with Crippen LogP contribution in [-0.2, 0) is 4.74 Å². The number of nitrogens with zero attached hydrogens (tertiary/aromatic N) is 1. The van der Waals surface area contributed by atoms with Gasteiger partial charge in [-0.1, -0.05) is 0 Å². The molecule has 3 heteroatoms. The van der Waals surface area contributed by atoms with Crippen molar-refractivity contribution in [1.82, 2.24) is 10.2 Å². The molecule has 98 valence electrons. The minimum absolute atomic E-state index is 0.531. The highest BCUT2D eigenvalue weighted by atomic mass is 16.5. The molecule has 3 fully saturated rings. The van der Waals surface area contributed by atoms with Crippen LogP contribution < -0.4 is 5.32 Å². The van der Waals surface area contributed by atoms with Gasteiger partial charge in [-0.3, -0.25) is 0 Å². The lowest BCUT2D eigenvalue weighted by atomic mass is 9.66. The molecular weight excluding hydrogens is 212 g/mol. The summed E-state index contributed by atoms with van der Waals surface area (Å²) in [7, 11) is 2.25. The van der Waals surface area contributed by atoms with E-state index in [1.54, 1.807) is 0 Å². The molecule has 0 saturated carbocycles. The lowest BCUT2D eigenvalue weighted by Gasteiger charge is -2.51. The standard InChI is InChI=1S/C14H26N2O/c1-16-7-4-12(5-8-16)14(10-17-11-14)9-13-3-2-6-15-13/h12-13,15H,2-11H2,1H3. The number of piperidine rings is 1. The van der Waals surface area contributed by atoms with Crippen molar-refractivity contribution in [2.24, 2.45) is 11.3 Å². The van der Waals surface area contributed by atoms with Crippen LogP contribution in [0, 0.1) is 11.3 Å². The van der Waals surface area contributed by atoms with Gasteiger partial charge in [-0.05, 0) is 64.7 Å². The highest BCUT2D eigenvalue weighted by molar-refractivity contribution is 4.97. The van der Waals surface area contributed by atoms with E-state index < -0.39 is 0 Å². The normalized spacial score (nSPS) is 34.8. The van der Waals surface area contributed by atoms with E-state index in [-0.39, 0.29) is 0 Å². The first-order chi connectivity index (χ1) is 8.28. The first-order valence-electron chi connectivity index (χ1n) is 7.28. The summed E-state index contributed by atoms with van der Waals surface area (Å²) in [5, 5.41) is 3.66. The van der Waals surface area contributed by atoms with Crippen LogP contribution in [0.3, 0.4) is 0 Å². The number of nitrogens with one attached hydrogen (secondary N) is 1. The molecule has 1 N–H and O–H groups in total.